The predicted octanol–water partition coefficient (Wildman–Crippen LogP) is 4.13. The van der Waals surface area contributed by atoms with Crippen molar-refractivity contribution >= 4 is 23.2 Å². The van der Waals surface area contributed by atoms with E-state index in [1.54, 1.807) is 24.3 Å². The molecule has 0 radical (unpaired) electrons. The van der Waals surface area contributed by atoms with E-state index < -0.39 is 0 Å². The lowest BCUT2D eigenvalue weighted by atomic mass is 10.0. The molecule has 0 heterocycles. The summed E-state index contributed by atoms with van der Waals surface area (Å²) in [6, 6.07) is 6.77. The lowest BCUT2D eigenvalue weighted by molar-refractivity contribution is 0.0954. The number of hydrazone groups is 1. The fraction of sp³-hybridized carbons (Fsp3) is 0.500. The van der Waals surface area contributed by atoms with Gasteiger partial charge in [-0.2, -0.15) is 5.10 Å². The minimum absolute atomic E-state index is 0.211. The van der Waals surface area contributed by atoms with Crippen LogP contribution in [0.4, 0.5) is 0 Å². The third-order valence-electron chi connectivity index (χ3n) is 4.88. The van der Waals surface area contributed by atoms with Crippen LogP contribution < -0.4 is 5.43 Å². The number of carbonyl (C=O) groups is 1. The first-order valence-corrected chi connectivity index (χ1v) is 7.16. The molecule has 1 N–H and O–H groups in total. The molecule has 1 aliphatic rings. The number of rotatable bonds is 3. The molecule has 1 amide bonds. The van der Waals surface area contributed by atoms with Gasteiger partial charge in [0, 0.05) is 22.2 Å². The van der Waals surface area contributed by atoms with Crippen LogP contribution in [0.3, 0.4) is 0 Å². The first kappa shape index (κ1) is 15.0. The van der Waals surface area contributed by atoms with Crippen molar-refractivity contribution < 1.29 is 4.79 Å². The van der Waals surface area contributed by atoms with Crippen LogP contribution in [0.1, 0.15) is 45.0 Å². The van der Waals surface area contributed by atoms with Gasteiger partial charge in [0.1, 0.15) is 0 Å². The van der Waals surface area contributed by atoms with Gasteiger partial charge in [0.2, 0.25) is 0 Å². The monoisotopic (exact) mass is 292 g/mol. The third-order valence-corrected chi connectivity index (χ3v) is 5.13. The number of benzene rings is 1. The Hall–Kier alpha value is -1.35. The molecular formula is C16H21ClN2O. The summed E-state index contributed by atoms with van der Waals surface area (Å²) in [5, 5.41) is 4.87. The summed E-state index contributed by atoms with van der Waals surface area (Å²) < 4.78 is 0. The van der Waals surface area contributed by atoms with Crippen molar-refractivity contribution in [1.29, 1.82) is 0 Å². The van der Waals surface area contributed by atoms with Crippen LogP contribution in [0.15, 0.2) is 29.4 Å². The molecule has 1 aromatic rings. The summed E-state index contributed by atoms with van der Waals surface area (Å²) in [6.45, 7) is 10.9. The molecule has 0 unspecified atom stereocenters. The zero-order valence-corrected chi connectivity index (χ0v) is 13.4. The first-order chi connectivity index (χ1) is 9.18. The molecule has 0 aromatic heterocycles. The van der Waals surface area contributed by atoms with Crippen LogP contribution >= 0.6 is 11.6 Å². The Kier molecular flexibility index (Phi) is 3.67. The maximum Gasteiger partial charge on any atom is 0.271 e. The molecule has 108 valence electrons. The molecule has 1 fully saturated rings. The van der Waals surface area contributed by atoms with E-state index in [0.29, 0.717) is 16.5 Å². The summed E-state index contributed by atoms with van der Waals surface area (Å²) in [5.41, 5.74) is 4.61. The Morgan fingerprint density at radius 2 is 1.65 bits per heavy atom. The van der Waals surface area contributed by atoms with E-state index in [0.717, 1.165) is 5.71 Å². The second kappa shape index (κ2) is 4.88. The van der Waals surface area contributed by atoms with Crippen molar-refractivity contribution in [2.75, 3.05) is 0 Å². The Morgan fingerprint density at radius 1 is 1.15 bits per heavy atom. The van der Waals surface area contributed by atoms with Gasteiger partial charge < -0.3 is 0 Å². The van der Waals surface area contributed by atoms with Crippen LogP contribution in [0.25, 0.3) is 0 Å². The molecule has 1 saturated carbocycles. The van der Waals surface area contributed by atoms with Crippen molar-refractivity contribution in [2.45, 2.75) is 34.6 Å². The lowest BCUT2D eigenvalue weighted by Crippen LogP contribution is -2.20. The van der Waals surface area contributed by atoms with E-state index in [9.17, 15) is 4.79 Å². The quantitative estimate of drug-likeness (QED) is 0.660. The molecule has 0 spiro atoms. The average Bonchev–Trinajstić information content (AvgIpc) is 2.77. The standard InChI is InChI=1S/C16H21ClN2O/c1-10(13-15(2,3)16(13,4)5)18-19-14(20)11-6-8-12(17)9-7-11/h6-9,13H,1-5H3,(H,19,20). The highest BCUT2D eigenvalue weighted by molar-refractivity contribution is 6.30. The maximum absolute atomic E-state index is 12.0. The predicted molar refractivity (Wildman–Crippen MR) is 83.1 cm³/mol. The van der Waals surface area contributed by atoms with E-state index in [1.807, 2.05) is 6.92 Å². The zero-order valence-electron chi connectivity index (χ0n) is 12.6. The van der Waals surface area contributed by atoms with Crippen molar-refractivity contribution in [1.82, 2.24) is 5.43 Å². The van der Waals surface area contributed by atoms with Crippen LogP contribution in [0.2, 0.25) is 5.02 Å². The Balaban J connectivity index is 2.03. The summed E-state index contributed by atoms with van der Waals surface area (Å²) in [5.74, 6) is 0.192. The fourth-order valence-corrected chi connectivity index (χ4v) is 3.24. The smallest absolute Gasteiger partial charge is 0.267 e. The van der Waals surface area contributed by atoms with Crippen LogP contribution in [-0.4, -0.2) is 11.6 Å². The summed E-state index contributed by atoms with van der Waals surface area (Å²) in [7, 11) is 0. The molecule has 0 bridgehead atoms. The third kappa shape index (κ3) is 2.47. The Bertz CT molecular complexity index is 544. The minimum atomic E-state index is -0.211. The van der Waals surface area contributed by atoms with Gasteiger partial charge in [0.05, 0.1) is 0 Å². The highest BCUT2D eigenvalue weighted by atomic mass is 35.5. The van der Waals surface area contributed by atoms with Crippen LogP contribution in [0, 0.1) is 16.7 Å². The summed E-state index contributed by atoms with van der Waals surface area (Å²) >= 11 is 5.80. The number of amides is 1. The number of carbonyl (C=O) groups excluding carboxylic acids is 1. The van der Waals surface area contributed by atoms with Crippen LogP contribution in [0.5, 0.6) is 0 Å². The Morgan fingerprint density at radius 3 is 2.10 bits per heavy atom. The van der Waals surface area contributed by atoms with Crippen molar-refractivity contribution in [3.8, 4) is 0 Å². The second-order valence-electron chi connectivity index (χ2n) is 6.58. The van der Waals surface area contributed by atoms with Gasteiger partial charge >= 0.3 is 0 Å². The molecular weight excluding hydrogens is 272 g/mol. The largest absolute Gasteiger partial charge is 0.271 e. The zero-order chi connectivity index (χ0) is 15.1. The number of halogens is 1. The van der Waals surface area contributed by atoms with Crippen molar-refractivity contribution in [3.05, 3.63) is 34.9 Å². The highest BCUT2D eigenvalue weighted by Crippen LogP contribution is 2.68. The van der Waals surface area contributed by atoms with E-state index in [2.05, 4.69) is 38.2 Å². The van der Waals surface area contributed by atoms with E-state index >= 15 is 0 Å². The van der Waals surface area contributed by atoms with E-state index in [-0.39, 0.29) is 16.7 Å². The van der Waals surface area contributed by atoms with Crippen LogP contribution in [-0.2, 0) is 0 Å². The average molecular weight is 293 g/mol. The molecule has 0 saturated heterocycles. The number of nitrogens with zero attached hydrogens (tertiary/aromatic N) is 1. The molecule has 3 nitrogen and oxygen atoms in total. The Labute approximate surface area is 125 Å². The van der Waals surface area contributed by atoms with Gasteiger partial charge in [-0.3, -0.25) is 4.79 Å². The number of nitrogens with one attached hydrogen (secondary N) is 1. The highest BCUT2D eigenvalue weighted by Gasteiger charge is 2.65. The van der Waals surface area contributed by atoms with Gasteiger partial charge in [0.25, 0.3) is 5.91 Å². The molecule has 20 heavy (non-hydrogen) atoms. The second-order valence-corrected chi connectivity index (χ2v) is 7.01. The SMILES string of the molecule is CC(=NNC(=O)c1ccc(Cl)cc1)C1C(C)(C)C1(C)C. The lowest BCUT2D eigenvalue weighted by Gasteiger charge is -2.04. The maximum atomic E-state index is 12.0. The molecule has 1 aliphatic carbocycles. The summed E-state index contributed by atoms with van der Waals surface area (Å²) in [4.78, 5) is 12.0. The van der Waals surface area contributed by atoms with E-state index in [4.69, 9.17) is 11.6 Å². The summed E-state index contributed by atoms with van der Waals surface area (Å²) in [6.07, 6.45) is 0. The molecule has 0 aliphatic heterocycles. The van der Waals surface area contributed by atoms with Gasteiger partial charge in [-0.25, -0.2) is 5.43 Å². The molecule has 4 heteroatoms. The van der Waals surface area contributed by atoms with Gasteiger partial charge in [-0.15, -0.1) is 0 Å². The van der Waals surface area contributed by atoms with Gasteiger partial charge in [-0.05, 0) is 42.0 Å². The molecule has 1 aromatic carbocycles. The fourth-order valence-electron chi connectivity index (χ4n) is 3.11. The number of hydrogen-bond donors (Lipinski definition) is 1. The topological polar surface area (TPSA) is 41.5 Å². The normalized spacial score (nSPS) is 20.6. The molecule has 0 atom stereocenters. The van der Waals surface area contributed by atoms with Crippen molar-refractivity contribution in [3.63, 3.8) is 0 Å². The first-order valence-electron chi connectivity index (χ1n) is 6.78. The van der Waals surface area contributed by atoms with Crippen molar-refractivity contribution in [2.24, 2.45) is 21.8 Å². The van der Waals surface area contributed by atoms with Gasteiger partial charge in [0.15, 0.2) is 0 Å². The number of hydrogen-bond acceptors (Lipinski definition) is 2. The van der Waals surface area contributed by atoms with Gasteiger partial charge in [-0.1, -0.05) is 39.3 Å². The molecule has 2 rings (SSSR count). The minimum Gasteiger partial charge on any atom is -0.267 e. The van der Waals surface area contributed by atoms with E-state index in [1.165, 1.54) is 0 Å².